The highest BCUT2D eigenvalue weighted by Gasteiger charge is 2.07. The number of hydrogen-bond donors (Lipinski definition) is 1. The van der Waals surface area contributed by atoms with Crippen molar-refractivity contribution in [1.29, 1.82) is 10.5 Å². The highest BCUT2D eigenvalue weighted by molar-refractivity contribution is 5.82. The number of aromatic nitrogens is 2. The molecule has 0 fully saturated rings. The minimum absolute atomic E-state index is 0.0465. The van der Waals surface area contributed by atoms with Gasteiger partial charge in [0.15, 0.2) is 11.5 Å². The molecule has 2 N–H and O–H groups in total. The Morgan fingerprint density at radius 1 is 1.13 bits per heavy atom. The third kappa shape index (κ3) is 1.32. The minimum atomic E-state index is 0.0465. The molecule has 0 unspecified atom stereocenters. The molecule has 70 valence electrons. The Kier molecular flexibility index (Phi) is 1.93. The van der Waals surface area contributed by atoms with Gasteiger partial charge in [-0.2, -0.15) is 10.5 Å². The van der Waals surface area contributed by atoms with Crippen LogP contribution in [0.5, 0.6) is 0 Å². The maximum atomic E-state index is 8.84. The summed E-state index contributed by atoms with van der Waals surface area (Å²) in [5.41, 5.74) is 6.87. The van der Waals surface area contributed by atoms with Crippen LogP contribution in [0.4, 0.5) is 5.82 Å². The Labute approximate surface area is 85.4 Å². The van der Waals surface area contributed by atoms with E-state index in [-0.39, 0.29) is 11.5 Å². The van der Waals surface area contributed by atoms with E-state index in [1.807, 2.05) is 12.1 Å². The number of nitrogen functional groups attached to an aromatic ring is 1. The molecule has 15 heavy (non-hydrogen) atoms. The molecular formula is C10H5N5. The highest BCUT2D eigenvalue weighted by atomic mass is 14.9. The first-order chi connectivity index (χ1) is 7.26. The van der Waals surface area contributed by atoms with E-state index in [4.69, 9.17) is 16.3 Å². The molecule has 0 radical (unpaired) electrons. The van der Waals surface area contributed by atoms with E-state index in [0.29, 0.717) is 16.6 Å². The number of anilines is 1. The number of rotatable bonds is 0. The van der Waals surface area contributed by atoms with Crippen LogP contribution < -0.4 is 5.73 Å². The van der Waals surface area contributed by atoms with Crippen LogP contribution in [0.3, 0.4) is 0 Å². The van der Waals surface area contributed by atoms with Gasteiger partial charge in [0.05, 0.1) is 11.1 Å². The summed E-state index contributed by atoms with van der Waals surface area (Å²) in [6.45, 7) is 0. The summed E-state index contributed by atoms with van der Waals surface area (Å²) in [4.78, 5) is 7.99. The molecule has 0 spiro atoms. The average Bonchev–Trinajstić information content (AvgIpc) is 2.27. The van der Waals surface area contributed by atoms with E-state index in [1.165, 1.54) is 0 Å². The molecule has 5 heteroatoms. The Morgan fingerprint density at radius 2 is 1.93 bits per heavy atom. The molecule has 0 aliphatic carbocycles. The van der Waals surface area contributed by atoms with Crippen LogP contribution in [-0.2, 0) is 0 Å². The van der Waals surface area contributed by atoms with Crippen molar-refractivity contribution in [3.8, 4) is 12.1 Å². The van der Waals surface area contributed by atoms with Gasteiger partial charge in [-0.15, -0.1) is 0 Å². The second-order valence-electron chi connectivity index (χ2n) is 2.85. The number of nitrogens with zero attached hydrogens (tertiary/aromatic N) is 4. The van der Waals surface area contributed by atoms with Gasteiger partial charge in [0.25, 0.3) is 0 Å². The Hall–Kier alpha value is -2.66. The lowest BCUT2D eigenvalue weighted by molar-refractivity contribution is 1.24. The summed E-state index contributed by atoms with van der Waals surface area (Å²) in [5.74, 6) is 0.0834. The Balaban J connectivity index is 2.91. The van der Waals surface area contributed by atoms with Crippen molar-refractivity contribution in [2.75, 3.05) is 5.73 Å². The largest absolute Gasteiger partial charge is 0.381 e. The molecule has 2 aromatic rings. The van der Waals surface area contributed by atoms with E-state index in [2.05, 4.69) is 9.97 Å². The summed E-state index contributed by atoms with van der Waals surface area (Å²) in [5, 5.41) is 17.6. The van der Waals surface area contributed by atoms with E-state index in [1.54, 1.807) is 18.2 Å². The van der Waals surface area contributed by atoms with Gasteiger partial charge in [-0.1, -0.05) is 6.07 Å². The monoisotopic (exact) mass is 195 g/mol. The summed E-state index contributed by atoms with van der Waals surface area (Å²) in [7, 11) is 0. The van der Waals surface area contributed by atoms with Crippen LogP contribution in [0, 0.1) is 22.7 Å². The third-order valence-corrected chi connectivity index (χ3v) is 1.95. The normalized spacial score (nSPS) is 9.47. The fourth-order valence-corrected chi connectivity index (χ4v) is 1.26. The molecule has 0 bridgehead atoms. The summed E-state index contributed by atoms with van der Waals surface area (Å²) in [6.07, 6.45) is 0. The lowest BCUT2D eigenvalue weighted by atomic mass is 10.2. The molecule has 0 saturated carbocycles. The quantitative estimate of drug-likeness (QED) is 0.674. The predicted molar refractivity (Wildman–Crippen MR) is 53.4 cm³/mol. The third-order valence-electron chi connectivity index (χ3n) is 1.95. The van der Waals surface area contributed by atoms with Crippen molar-refractivity contribution >= 4 is 16.9 Å². The lowest BCUT2D eigenvalue weighted by Crippen LogP contribution is -1.99. The lowest BCUT2D eigenvalue weighted by Gasteiger charge is -2.00. The van der Waals surface area contributed by atoms with E-state index in [9.17, 15) is 0 Å². The van der Waals surface area contributed by atoms with E-state index >= 15 is 0 Å². The summed E-state index contributed by atoms with van der Waals surface area (Å²) in [6, 6.07) is 8.83. The maximum Gasteiger partial charge on any atom is 0.183 e. The molecule has 0 atom stereocenters. The number of hydrogen-bond acceptors (Lipinski definition) is 5. The zero-order valence-corrected chi connectivity index (χ0v) is 7.60. The van der Waals surface area contributed by atoms with Crippen LogP contribution in [0.2, 0.25) is 0 Å². The predicted octanol–water partition coefficient (Wildman–Crippen LogP) is 0.955. The number of para-hydroxylation sites is 1. The molecule has 0 aliphatic heterocycles. The van der Waals surface area contributed by atoms with Gasteiger partial charge in [-0.05, 0) is 12.1 Å². The van der Waals surface area contributed by atoms with Gasteiger partial charge in [0.2, 0.25) is 0 Å². The second kappa shape index (κ2) is 3.24. The van der Waals surface area contributed by atoms with Gasteiger partial charge in [0, 0.05) is 0 Å². The molecule has 1 heterocycles. The van der Waals surface area contributed by atoms with Crippen molar-refractivity contribution in [1.82, 2.24) is 9.97 Å². The number of benzene rings is 1. The Morgan fingerprint density at radius 3 is 2.60 bits per heavy atom. The SMILES string of the molecule is N#Cc1nc2c(C#N)cccc2nc1N. The van der Waals surface area contributed by atoms with Gasteiger partial charge in [-0.3, -0.25) is 0 Å². The number of fused-ring (bicyclic) bond motifs is 1. The van der Waals surface area contributed by atoms with Gasteiger partial charge in [-0.25, -0.2) is 9.97 Å². The maximum absolute atomic E-state index is 8.84. The van der Waals surface area contributed by atoms with Gasteiger partial charge >= 0.3 is 0 Å². The van der Waals surface area contributed by atoms with Crippen LogP contribution in [0.1, 0.15) is 11.3 Å². The molecule has 1 aromatic carbocycles. The van der Waals surface area contributed by atoms with Crippen molar-refractivity contribution in [2.24, 2.45) is 0 Å². The first-order valence-corrected chi connectivity index (χ1v) is 4.12. The minimum Gasteiger partial charge on any atom is -0.381 e. The Bertz CT molecular complexity index is 618. The van der Waals surface area contributed by atoms with Crippen molar-refractivity contribution in [2.45, 2.75) is 0 Å². The number of nitriles is 2. The second-order valence-corrected chi connectivity index (χ2v) is 2.85. The molecule has 5 nitrogen and oxygen atoms in total. The fraction of sp³-hybridized carbons (Fsp3) is 0. The van der Waals surface area contributed by atoms with Crippen LogP contribution in [-0.4, -0.2) is 9.97 Å². The summed E-state index contributed by atoms with van der Waals surface area (Å²) >= 11 is 0. The molecule has 1 aromatic heterocycles. The topological polar surface area (TPSA) is 99.4 Å². The standard InChI is InChI=1S/C10H5N5/c11-4-6-2-1-3-7-9(6)14-8(5-12)10(13)15-7/h1-3H,(H2,13,15). The van der Waals surface area contributed by atoms with Gasteiger partial charge < -0.3 is 5.73 Å². The average molecular weight is 195 g/mol. The molecule has 0 amide bonds. The molecule has 0 saturated heterocycles. The first kappa shape index (κ1) is 8.92. The molecular weight excluding hydrogens is 190 g/mol. The smallest absolute Gasteiger partial charge is 0.183 e. The van der Waals surface area contributed by atoms with Crippen LogP contribution in [0.25, 0.3) is 11.0 Å². The zero-order chi connectivity index (χ0) is 10.8. The van der Waals surface area contributed by atoms with Crippen LogP contribution >= 0.6 is 0 Å². The highest BCUT2D eigenvalue weighted by Crippen LogP contribution is 2.17. The molecule has 0 aliphatic rings. The summed E-state index contributed by atoms with van der Waals surface area (Å²) < 4.78 is 0. The first-order valence-electron chi connectivity index (χ1n) is 4.12. The van der Waals surface area contributed by atoms with Crippen molar-refractivity contribution in [3.63, 3.8) is 0 Å². The van der Waals surface area contributed by atoms with Crippen molar-refractivity contribution < 1.29 is 0 Å². The zero-order valence-electron chi connectivity index (χ0n) is 7.60. The molecule has 2 rings (SSSR count). The van der Waals surface area contributed by atoms with Crippen LogP contribution in [0.15, 0.2) is 18.2 Å². The van der Waals surface area contributed by atoms with Crippen molar-refractivity contribution in [3.05, 3.63) is 29.5 Å². The van der Waals surface area contributed by atoms with E-state index in [0.717, 1.165) is 0 Å². The van der Waals surface area contributed by atoms with E-state index < -0.39 is 0 Å². The fourth-order valence-electron chi connectivity index (χ4n) is 1.26. The van der Waals surface area contributed by atoms with Gasteiger partial charge in [0.1, 0.15) is 17.7 Å². The number of nitrogens with two attached hydrogens (primary N) is 1.